The summed E-state index contributed by atoms with van der Waals surface area (Å²) in [7, 11) is 1.57. The lowest BCUT2D eigenvalue weighted by atomic mass is 9.99. The van der Waals surface area contributed by atoms with Crippen LogP contribution in [-0.2, 0) is 0 Å². The van der Waals surface area contributed by atoms with E-state index < -0.39 is 0 Å². The van der Waals surface area contributed by atoms with Gasteiger partial charge in [0.1, 0.15) is 5.75 Å². The van der Waals surface area contributed by atoms with E-state index in [4.69, 9.17) is 4.74 Å². The monoisotopic (exact) mass is 241 g/mol. The van der Waals surface area contributed by atoms with Gasteiger partial charge in [-0.05, 0) is 43.2 Å². The van der Waals surface area contributed by atoms with E-state index in [1.165, 1.54) is 0 Å². The van der Waals surface area contributed by atoms with Gasteiger partial charge in [-0.3, -0.25) is 9.78 Å². The average Bonchev–Trinajstić information content (AvgIpc) is 2.38. The molecule has 3 nitrogen and oxygen atoms in total. The summed E-state index contributed by atoms with van der Waals surface area (Å²) in [6.07, 6.45) is 3.27. The number of pyridine rings is 1. The Balaban J connectivity index is 2.50. The highest BCUT2D eigenvalue weighted by Crippen LogP contribution is 2.23. The largest absolute Gasteiger partial charge is 0.496 e. The predicted molar refractivity (Wildman–Crippen MR) is 70.1 cm³/mol. The molecular weight excluding hydrogens is 226 g/mol. The van der Waals surface area contributed by atoms with Crippen LogP contribution in [-0.4, -0.2) is 17.9 Å². The first kappa shape index (κ1) is 12.3. The number of methoxy groups -OCH3 is 1. The molecule has 0 atom stereocenters. The molecule has 3 heteroatoms. The van der Waals surface area contributed by atoms with Crippen molar-refractivity contribution in [2.75, 3.05) is 7.11 Å². The van der Waals surface area contributed by atoms with Crippen molar-refractivity contribution >= 4 is 5.78 Å². The van der Waals surface area contributed by atoms with E-state index in [1.54, 1.807) is 25.6 Å². The normalized spacial score (nSPS) is 10.2. The van der Waals surface area contributed by atoms with Crippen LogP contribution in [0.3, 0.4) is 0 Å². The number of ketones is 1. The van der Waals surface area contributed by atoms with Crippen LogP contribution in [0.4, 0.5) is 0 Å². The number of carbonyl (C=O) groups is 1. The zero-order valence-corrected chi connectivity index (χ0v) is 10.7. The highest BCUT2D eigenvalue weighted by Gasteiger charge is 2.16. The summed E-state index contributed by atoms with van der Waals surface area (Å²) in [6, 6.07) is 7.39. The summed E-state index contributed by atoms with van der Waals surface area (Å²) >= 11 is 0. The number of rotatable bonds is 3. The number of carbonyl (C=O) groups excluding carboxylic acids is 1. The molecule has 0 fully saturated rings. The van der Waals surface area contributed by atoms with Crippen molar-refractivity contribution in [3.63, 3.8) is 0 Å². The van der Waals surface area contributed by atoms with Crippen molar-refractivity contribution in [1.29, 1.82) is 0 Å². The van der Waals surface area contributed by atoms with E-state index in [9.17, 15) is 4.79 Å². The Morgan fingerprint density at radius 1 is 1.17 bits per heavy atom. The van der Waals surface area contributed by atoms with E-state index in [0.717, 1.165) is 11.1 Å². The fourth-order valence-corrected chi connectivity index (χ4v) is 1.83. The lowest BCUT2D eigenvalue weighted by molar-refractivity contribution is 0.103. The molecule has 0 spiro atoms. The smallest absolute Gasteiger partial charge is 0.198 e. The summed E-state index contributed by atoms with van der Waals surface area (Å²) in [5.41, 5.74) is 3.16. The van der Waals surface area contributed by atoms with Gasteiger partial charge < -0.3 is 4.74 Å². The Labute approximate surface area is 106 Å². The molecule has 1 aromatic carbocycles. The number of aromatic nitrogens is 1. The number of hydrogen-bond donors (Lipinski definition) is 0. The Morgan fingerprint density at radius 3 is 2.61 bits per heavy atom. The molecule has 0 aliphatic carbocycles. The van der Waals surface area contributed by atoms with Crippen molar-refractivity contribution in [3.8, 4) is 5.75 Å². The zero-order valence-electron chi connectivity index (χ0n) is 10.7. The lowest BCUT2D eigenvalue weighted by Gasteiger charge is -2.09. The highest BCUT2D eigenvalue weighted by atomic mass is 16.5. The molecule has 18 heavy (non-hydrogen) atoms. The minimum absolute atomic E-state index is 0.0579. The average molecular weight is 241 g/mol. The standard InChI is InChI=1S/C15H15NO2/c1-10-4-5-12(14(8-10)18-3)15(17)13-9-16-7-6-11(13)2/h4-9H,1-3H3. The van der Waals surface area contributed by atoms with Crippen molar-refractivity contribution < 1.29 is 9.53 Å². The molecule has 2 rings (SSSR count). The van der Waals surface area contributed by atoms with Crippen LogP contribution in [0.5, 0.6) is 5.75 Å². The first-order valence-corrected chi connectivity index (χ1v) is 5.73. The molecule has 0 bridgehead atoms. The number of nitrogens with zero attached hydrogens (tertiary/aromatic N) is 1. The molecule has 0 amide bonds. The molecule has 0 aliphatic rings. The number of aryl methyl sites for hydroxylation is 2. The topological polar surface area (TPSA) is 39.2 Å². The quantitative estimate of drug-likeness (QED) is 0.775. The van der Waals surface area contributed by atoms with Crippen molar-refractivity contribution in [1.82, 2.24) is 4.98 Å². The summed E-state index contributed by atoms with van der Waals surface area (Å²) in [5, 5.41) is 0. The van der Waals surface area contributed by atoms with Gasteiger partial charge >= 0.3 is 0 Å². The van der Waals surface area contributed by atoms with Gasteiger partial charge in [-0.15, -0.1) is 0 Å². The van der Waals surface area contributed by atoms with Gasteiger partial charge in [0.15, 0.2) is 5.78 Å². The van der Waals surface area contributed by atoms with Crippen LogP contribution in [0.25, 0.3) is 0 Å². The van der Waals surface area contributed by atoms with E-state index in [-0.39, 0.29) is 5.78 Å². The molecule has 0 unspecified atom stereocenters. The van der Waals surface area contributed by atoms with Crippen molar-refractivity contribution in [2.45, 2.75) is 13.8 Å². The van der Waals surface area contributed by atoms with Gasteiger partial charge in [0.2, 0.25) is 0 Å². The number of benzene rings is 1. The molecular formula is C15H15NO2. The highest BCUT2D eigenvalue weighted by molar-refractivity contribution is 6.11. The molecule has 0 saturated heterocycles. The second-order valence-electron chi connectivity index (χ2n) is 4.22. The minimum atomic E-state index is -0.0579. The van der Waals surface area contributed by atoms with Crippen LogP contribution in [0.15, 0.2) is 36.7 Å². The van der Waals surface area contributed by atoms with Crippen LogP contribution in [0.1, 0.15) is 27.0 Å². The maximum atomic E-state index is 12.4. The molecule has 0 saturated carbocycles. The second-order valence-corrected chi connectivity index (χ2v) is 4.22. The molecule has 0 aliphatic heterocycles. The molecule has 1 heterocycles. The first-order chi connectivity index (χ1) is 8.63. The molecule has 92 valence electrons. The summed E-state index contributed by atoms with van der Waals surface area (Å²) in [6.45, 7) is 3.86. The maximum Gasteiger partial charge on any atom is 0.198 e. The summed E-state index contributed by atoms with van der Waals surface area (Å²) < 4.78 is 5.27. The minimum Gasteiger partial charge on any atom is -0.496 e. The van der Waals surface area contributed by atoms with Gasteiger partial charge in [-0.25, -0.2) is 0 Å². The van der Waals surface area contributed by atoms with E-state index in [1.807, 2.05) is 32.0 Å². The fraction of sp³-hybridized carbons (Fsp3) is 0.200. The Kier molecular flexibility index (Phi) is 3.42. The number of ether oxygens (including phenoxy) is 1. The Morgan fingerprint density at radius 2 is 1.94 bits per heavy atom. The van der Waals surface area contributed by atoms with Gasteiger partial charge in [-0.1, -0.05) is 6.07 Å². The zero-order chi connectivity index (χ0) is 13.1. The lowest BCUT2D eigenvalue weighted by Crippen LogP contribution is -2.06. The third-order valence-corrected chi connectivity index (χ3v) is 2.89. The predicted octanol–water partition coefficient (Wildman–Crippen LogP) is 2.94. The SMILES string of the molecule is COc1cc(C)ccc1C(=O)c1cnccc1C. The van der Waals surface area contributed by atoms with Crippen LogP contribution in [0, 0.1) is 13.8 Å². The van der Waals surface area contributed by atoms with E-state index in [0.29, 0.717) is 16.9 Å². The summed E-state index contributed by atoms with van der Waals surface area (Å²) in [4.78, 5) is 16.4. The van der Waals surface area contributed by atoms with Gasteiger partial charge in [0, 0.05) is 18.0 Å². The summed E-state index contributed by atoms with van der Waals surface area (Å²) in [5.74, 6) is 0.542. The third-order valence-electron chi connectivity index (χ3n) is 2.89. The van der Waals surface area contributed by atoms with Crippen molar-refractivity contribution in [3.05, 3.63) is 58.9 Å². The van der Waals surface area contributed by atoms with Gasteiger partial charge in [0.05, 0.1) is 12.7 Å². The third kappa shape index (κ3) is 2.25. The number of hydrogen-bond acceptors (Lipinski definition) is 3. The Bertz CT molecular complexity index is 591. The molecule has 0 radical (unpaired) electrons. The second kappa shape index (κ2) is 5.00. The van der Waals surface area contributed by atoms with Crippen LogP contribution < -0.4 is 4.74 Å². The van der Waals surface area contributed by atoms with Gasteiger partial charge in [0.25, 0.3) is 0 Å². The first-order valence-electron chi connectivity index (χ1n) is 5.73. The van der Waals surface area contributed by atoms with Crippen LogP contribution in [0.2, 0.25) is 0 Å². The molecule has 1 aromatic heterocycles. The van der Waals surface area contributed by atoms with E-state index >= 15 is 0 Å². The Hall–Kier alpha value is -2.16. The van der Waals surface area contributed by atoms with Gasteiger partial charge in [-0.2, -0.15) is 0 Å². The molecule has 2 aromatic rings. The molecule has 0 N–H and O–H groups in total. The van der Waals surface area contributed by atoms with Crippen LogP contribution >= 0.6 is 0 Å². The maximum absolute atomic E-state index is 12.4. The van der Waals surface area contributed by atoms with E-state index in [2.05, 4.69) is 4.98 Å². The fourth-order valence-electron chi connectivity index (χ4n) is 1.83. The van der Waals surface area contributed by atoms with Crippen molar-refractivity contribution in [2.24, 2.45) is 0 Å².